The lowest BCUT2D eigenvalue weighted by Gasteiger charge is -2.30. The number of anilines is 1. The molecule has 6 heteroatoms. The maximum Gasteiger partial charge on any atom is 0.242 e. The molecule has 3 aromatic rings. The molecule has 0 fully saturated rings. The zero-order chi connectivity index (χ0) is 23.0. The van der Waals surface area contributed by atoms with E-state index < -0.39 is 0 Å². The molecule has 33 heavy (non-hydrogen) atoms. The van der Waals surface area contributed by atoms with Crippen LogP contribution in [-0.2, 0) is 30.8 Å². The van der Waals surface area contributed by atoms with Gasteiger partial charge in [-0.1, -0.05) is 42.5 Å². The Morgan fingerprint density at radius 2 is 1.88 bits per heavy atom. The topological polar surface area (TPSA) is 52.0 Å². The molecular weight excluding hydrogens is 412 g/mol. The summed E-state index contributed by atoms with van der Waals surface area (Å²) in [5.41, 5.74) is 4.87. The molecule has 0 saturated carbocycles. The summed E-state index contributed by atoms with van der Waals surface area (Å²) in [6, 6.07) is 20.5. The quantitative estimate of drug-likeness (QED) is 0.513. The molecule has 0 saturated heterocycles. The van der Waals surface area contributed by atoms with E-state index in [1.165, 1.54) is 11.1 Å². The number of amides is 1. The number of benzene rings is 2. The lowest BCUT2D eigenvalue weighted by atomic mass is 9.97. The van der Waals surface area contributed by atoms with Crippen molar-refractivity contribution in [2.24, 2.45) is 0 Å². The van der Waals surface area contributed by atoms with Crippen LogP contribution in [0.1, 0.15) is 22.5 Å². The second-order valence-electron chi connectivity index (χ2n) is 8.94. The Kier molecular flexibility index (Phi) is 7.81. The zero-order valence-electron chi connectivity index (χ0n) is 19.7. The molecule has 0 radical (unpaired) electrons. The fourth-order valence-corrected chi connectivity index (χ4v) is 4.29. The normalized spacial score (nSPS) is 13.7. The highest BCUT2D eigenvalue weighted by atomic mass is 16.3. The molecule has 6 nitrogen and oxygen atoms in total. The monoisotopic (exact) mass is 446 g/mol. The minimum atomic E-state index is 0.119. The summed E-state index contributed by atoms with van der Waals surface area (Å²) < 4.78 is 5.51. The molecule has 0 bridgehead atoms. The van der Waals surface area contributed by atoms with Crippen LogP contribution in [0.3, 0.4) is 0 Å². The molecule has 2 heterocycles. The molecule has 174 valence electrons. The highest BCUT2D eigenvalue weighted by molar-refractivity contribution is 5.81. The largest absolute Gasteiger partial charge is 0.468 e. The van der Waals surface area contributed by atoms with Crippen LogP contribution in [0.4, 0.5) is 5.69 Å². The van der Waals surface area contributed by atoms with Gasteiger partial charge in [0.2, 0.25) is 5.91 Å². The molecule has 1 amide bonds. The Labute approximate surface area is 196 Å². The number of nitrogens with zero attached hydrogens (tertiary/aromatic N) is 3. The fraction of sp³-hybridized carbons (Fsp3) is 0.370. The van der Waals surface area contributed by atoms with Crippen LogP contribution in [0.15, 0.2) is 71.3 Å². The molecule has 1 aliphatic rings. The van der Waals surface area contributed by atoms with Crippen molar-refractivity contribution in [3.8, 4) is 0 Å². The van der Waals surface area contributed by atoms with E-state index >= 15 is 0 Å². The van der Waals surface area contributed by atoms with Gasteiger partial charge in [0.05, 0.1) is 19.4 Å². The summed E-state index contributed by atoms with van der Waals surface area (Å²) in [6.07, 6.45) is 2.69. The molecule has 0 spiro atoms. The van der Waals surface area contributed by atoms with Gasteiger partial charge in [0.1, 0.15) is 5.76 Å². The van der Waals surface area contributed by atoms with Gasteiger partial charge in [0.25, 0.3) is 0 Å². The van der Waals surface area contributed by atoms with Gasteiger partial charge >= 0.3 is 0 Å². The predicted molar refractivity (Wildman–Crippen MR) is 132 cm³/mol. The first kappa shape index (κ1) is 23.1. The summed E-state index contributed by atoms with van der Waals surface area (Å²) in [5, 5.41) is 3.45. The molecule has 0 atom stereocenters. The SMILES string of the molecule is CN(C)CCN(Cc1ccccc1)C(=O)CNc1cccc2c1CCN(Cc1ccco1)C2. The first-order valence-electron chi connectivity index (χ1n) is 11.6. The summed E-state index contributed by atoms with van der Waals surface area (Å²) in [6.45, 7) is 5.16. The van der Waals surface area contributed by atoms with E-state index in [1.807, 2.05) is 49.3 Å². The van der Waals surface area contributed by atoms with Crippen molar-refractivity contribution in [2.45, 2.75) is 26.1 Å². The predicted octanol–water partition coefficient (Wildman–Crippen LogP) is 3.84. The minimum Gasteiger partial charge on any atom is -0.468 e. The van der Waals surface area contributed by atoms with Crippen molar-refractivity contribution in [3.05, 3.63) is 89.4 Å². The number of hydrogen-bond donors (Lipinski definition) is 1. The average molecular weight is 447 g/mol. The second kappa shape index (κ2) is 11.2. The fourth-order valence-electron chi connectivity index (χ4n) is 4.29. The van der Waals surface area contributed by atoms with Crippen molar-refractivity contribution < 1.29 is 9.21 Å². The minimum absolute atomic E-state index is 0.119. The van der Waals surface area contributed by atoms with Gasteiger partial charge in [0.15, 0.2) is 0 Å². The van der Waals surface area contributed by atoms with Gasteiger partial charge in [-0.25, -0.2) is 0 Å². The van der Waals surface area contributed by atoms with Gasteiger partial charge < -0.3 is 19.5 Å². The number of carbonyl (C=O) groups excluding carboxylic acids is 1. The van der Waals surface area contributed by atoms with Crippen LogP contribution in [0.2, 0.25) is 0 Å². The van der Waals surface area contributed by atoms with E-state index in [0.717, 1.165) is 49.6 Å². The molecule has 4 rings (SSSR count). The number of carbonyl (C=O) groups is 1. The number of rotatable bonds is 10. The second-order valence-corrected chi connectivity index (χ2v) is 8.94. The van der Waals surface area contributed by atoms with Crippen LogP contribution in [0.25, 0.3) is 0 Å². The van der Waals surface area contributed by atoms with Crippen LogP contribution in [0, 0.1) is 0 Å². The average Bonchev–Trinajstić information content (AvgIpc) is 3.33. The van der Waals surface area contributed by atoms with E-state index in [4.69, 9.17) is 4.42 Å². The third-order valence-corrected chi connectivity index (χ3v) is 6.12. The summed E-state index contributed by atoms with van der Waals surface area (Å²) in [7, 11) is 4.07. The van der Waals surface area contributed by atoms with Crippen molar-refractivity contribution >= 4 is 11.6 Å². The van der Waals surface area contributed by atoms with Crippen molar-refractivity contribution in [1.82, 2.24) is 14.7 Å². The van der Waals surface area contributed by atoms with E-state index in [9.17, 15) is 4.79 Å². The maximum absolute atomic E-state index is 13.2. The van der Waals surface area contributed by atoms with Gasteiger partial charge in [-0.05, 0) is 55.4 Å². The summed E-state index contributed by atoms with van der Waals surface area (Å²) >= 11 is 0. The third-order valence-electron chi connectivity index (χ3n) is 6.12. The Morgan fingerprint density at radius 1 is 1.03 bits per heavy atom. The van der Waals surface area contributed by atoms with Crippen LogP contribution >= 0.6 is 0 Å². The van der Waals surface area contributed by atoms with Crippen LogP contribution in [-0.4, -0.2) is 60.9 Å². The molecular formula is C27H34N4O2. The lowest BCUT2D eigenvalue weighted by molar-refractivity contribution is -0.130. The lowest BCUT2D eigenvalue weighted by Crippen LogP contribution is -2.39. The van der Waals surface area contributed by atoms with Crippen LogP contribution < -0.4 is 5.32 Å². The Morgan fingerprint density at radius 3 is 2.64 bits per heavy atom. The third kappa shape index (κ3) is 6.46. The number of fused-ring (bicyclic) bond motifs is 1. The van der Waals surface area contributed by atoms with Crippen molar-refractivity contribution in [2.75, 3.05) is 45.6 Å². The maximum atomic E-state index is 13.2. The van der Waals surface area contributed by atoms with Gasteiger partial charge in [0, 0.05) is 38.4 Å². The standard InChI is InChI=1S/C27H34N4O2/c1-29(2)15-16-31(19-22-8-4-3-5-9-22)27(32)18-28-26-12-6-10-23-20-30(14-13-25(23)26)21-24-11-7-17-33-24/h3-12,17,28H,13-16,18-21H2,1-2H3. The van der Waals surface area contributed by atoms with Crippen molar-refractivity contribution in [3.63, 3.8) is 0 Å². The van der Waals surface area contributed by atoms with E-state index in [-0.39, 0.29) is 5.91 Å². The number of nitrogens with one attached hydrogen (secondary N) is 1. The summed E-state index contributed by atoms with van der Waals surface area (Å²) in [4.78, 5) is 19.6. The first-order valence-corrected chi connectivity index (χ1v) is 11.6. The molecule has 1 aromatic heterocycles. The molecule has 0 aliphatic carbocycles. The Hall–Kier alpha value is -3.09. The smallest absolute Gasteiger partial charge is 0.242 e. The van der Waals surface area contributed by atoms with Gasteiger partial charge in [-0.15, -0.1) is 0 Å². The number of likely N-dealkylation sites (N-methyl/N-ethyl adjacent to an activating group) is 1. The molecule has 1 N–H and O–H groups in total. The van der Waals surface area contributed by atoms with E-state index in [2.05, 4.69) is 45.4 Å². The number of furan rings is 1. The highest BCUT2D eigenvalue weighted by Gasteiger charge is 2.20. The highest BCUT2D eigenvalue weighted by Crippen LogP contribution is 2.27. The molecule has 0 unspecified atom stereocenters. The van der Waals surface area contributed by atoms with Gasteiger partial charge in [-0.2, -0.15) is 0 Å². The molecule has 2 aromatic carbocycles. The Balaban J connectivity index is 1.38. The number of hydrogen-bond acceptors (Lipinski definition) is 5. The molecule has 1 aliphatic heterocycles. The van der Waals surface area contributed by atoms with Crippen LogP contribution in [0.5, 0.6) is 0 Å². The first-order chi connectivity index (χ1) is 16.1. The van der Waals surface area contributed by atoms with Gasteiger partial charge in [-0.3, -0.25) is 9.69 Å². The van der Waals surface area contributed by atoms with E-state index in [0.29, 0.717) is 19.6 Å². The zero-order valence-corrected chi connectivity index (χ0v) is 19.7. The summed E-state index contributed by atoms with van der Waals surface area (Å²) in [5.74, 6) is 1.11. The van der Waals surface area contributed by atoms with Crippen molar-refractivity contribution in [1.29, 1.82) is 0 Å². The Bertz CT molecular complexity index is 1020. The van der Waals surface area contributed by atoms with E-state index in [1.54, 1.807) is 6.26 Å².